The van der Waals surface area contributed by atoms with Crippen molar-refractivity contribution >= 4 is 130 Å². The van der Waals surface area contributed by atoms with Gasteiger partial charge in [-0.2, -0.15) is 0 Å². The van der Waals surface area contributed by atoms with Crippen molar-refractivity contribution in [1.82, 2.24) is 0 Å². The molecule has 0 rings (SSSR count). The molecule has 0 amide bonds. The van der Waals surface area contributed by atoms with Crippen LogP contribution in [0, 0.1) is 0 Å². The molecule has 9 heteroatoms. The topological polar surface area (TPSA) is 101 Å². The van der Waals surface area contributed by atoms with Gasteiger partial charge in [-0.25, -0.2) is 0 Å². The van der Waals surface area contributed by atoms with E-state index in [2.05, 4.69) is 0 Å². The van der Waals surface area contributed by atoms with Crippen LogP contribution in [0.1, 0.15) is 12.8 Å². The van der Waals surface area contributed by atoms with Gasteiger partial charge < -0.3 is 15.9 Å². The third kappa shape index (κ3) is 20.3. The maximum absolute atomic E-state index is 9.99. The standard InChI is InChI=1S/C5H9NO4.4Na.4H/c6-3(5(9)10)1-2-4(7)8;;;;;;;;/h3H,1-2,6H2,(H,7,8)(H,9,10);;;;;;;;/t3-;;;;;;;;/m1......../s1. The zero-order valence-electron chi connectivity index (χ0n) is 5.28. The Hall–Kier alpha value is 2.90. The van der Waals surface area contributed by atoms with Crippen molar-refractivity contribution in [2.45, 2.75) is 18.9 Å². The first-order valence-electron chi connectivity index (χ1n) is 2.74. The number of nitrogens with two attached hydrogens (primary N) is 1. The first-order valence-corrected chi connectivity index (χ1v) is 2.74. The average Bonchev–Trinajstić information content (AvgIpc) is 1.82. The van der Waals surface area contributed by atoms with Crippen molar-refractivity contribution in [3.63, 3.8) is 0 Å². The van der Waals surface area contributed by atoms with Crippen LogP contribution in [0.3, 0.4) is 0 Å². The van der Waals surface area contributed by atoms with E-state index >= 15 is 0 Å². The molecule has 0 fully saturated rings. The van der Waals surface area contributed by atoms with E-state index in [-0.39, 0.29) is 131 Å². The van der Waals surface area contributed by atoms with E-state index in [1.165, 1.54) is 0 Å². The summed E-state index contributed by atoms with van der Waals surface area (Å²) in [5.74, 6) is -2.20. The molecule has 0 radical (unpaired) electrons. The zero-order valence-corrected chi connectivity index (χ0v) is 5.28. The summed E-state index contributed by atoms with van der Waals surface area (Å²) in [6, 6.07) is -1.06. The summed E-state index contributed by atoms with van der Waals surface area (Å²) < 4.78 is 0. The summed E-state index contributed by atoms with van der Waals surface area (Å²) >= 11 is 0. The number of carboxylic acids is 2. The quantitative estimate of drug-likeness (QED) is 0.448. The first-order chi connectivity index (χ1) is 4.54. The van der Waals surface area contributed by atoms with Crippen molar-refractivity contribution in [3.05, 3.63) is 0 Å². The molecule has 0 heterocycles. The number of hydrogen-bond acceptors (Lipinski definition) is 3. The van der Waals surface area contributed by atoms with Crippen molar-refractivity contribution in [3.8, 4) is 0 Å². The van der Waals surface area contributed by atoms with E-state index in [0.29, 0.717) is 0 Å². The van der Waals surface area contributed by atoms with Crippen LogP contribution < -0.4 is 5.73 Å². The van der Waals surface area contributed by atoms with Gasteiger partial charge in [-0.05, 0) is 6.42 Å². The van der Waals surface area contributed by atoms with Crippen molar-refractivity contribution in [2.75, 3.05) is 0 Å². The molecule has 5 nitrogen and oxygen atoms in total. The van der Waals surface area contributed by atoms with Gasteiger partial charge in [0, 0.05) is 6.42 Å². The molecule has 0 aromatic heterocycles. The Balaban J connectivity index is -0.0000000675. The average molecular weight is 243 g/mol. The Morgan fingerprint density at radius 3 is 1.64 bits per heavy atom. The molecule has 0 saturated heterocycles. The van der Waals surface area contributed by atoms with E-state index < -0.39 is 18.0 Å². The normalized spacial score (nSPS) is 8.93. The summed E-state index contributed by atoms with van der Waals surface area (Å²) in [4.78, 5) is 19.9. The molecule has 14 heavy (non-hydrogen) atoms. The number of hydrogen-bond donors (Lipinski definition) is 3. The van der Waals surface area contributed by atoms with E-state index in [9.17, 15) is 9.59 Å². The van der Waals surface area contributed by atoms with Crippen LogP contribution in [-0.2, 0) is 9.59 Å². The Labute approximate surface area is 171 Å². The fourth-order valence-corrected chi connectivity index (χ4v) is 0.402. The van der Waals surface area contributed by atoms with Gasteiger partial charge in [0.05, 0.1) is 0 Å². The number of aliphatic carboxylic acids is 2. The summed E-state index contributed by atoms with van der Waals surface area (Å²) in [5, 5.41) is 16.3. The van der Waals surface area contributed by atoms with E-state index in [1.54, 1.807) is 0 Å². The van der Waals surface area contributed by atoms with Gasteiger partial charge in [-0.1, -0.05) is 0 Å². The number of carboxylic acid groups (broad SMARTS) is 2. The fraction of sp³-hybridized carbons (Fsp3) is 0.600. The Morgan fingerprint density at radius 1 is 1.07 bits per heavy atom. The van der Waals surface area contributed by atoms with Crippen LogP contribution in [0.25, 0.3) is 0 Å². The van der Waals surface area contributed by atoms with E-state index in [1.807, 2.05) is 0 Å². The Morgan fingerprint density at radius 2 is 1.43 bits per heavy atom. The van der Waals surface area contributed by atoms with Gasteiger partial charge in [0.1, 0.15) is 6.04 Å². The minimum absolute atomic E-state index is 0. The van der Waals surface area contributed by atoms with Gasteiger partial charge in [-0.15, -0.1) is 0 Å². The predicted octanol–water partition coefficient (Wildman–Crippen LogP) is -3.33. The van der Waals surface area contributed by atoms with Crippen LogP contribution in [0.4, 0.5) is 0 Å². The molecular weight excluding hydrogens is 230 g/mol. The Bertz CT molecular complexity index is 157. The molecule has 4 N–H and O–H groups in total. The summed E-state index contributed by atoms with van der Waals surface area (Å²) in [6.07, 6.45) is -0.224. The predicted molar refractivity (Wildman–Crippen MR) is 61.1 cm³/mol. The second kappa shape index (κ2) is 18.3. The molecule has 0 aromatic rings. The summed E-state index contributed by atoms with van der Waals surface area (Å²) in [6.45, 7) is 0. The minimum atomic E-state index is -1.17. The summed E-state index contributed by atoms with van der Waals surface area (Å²) in [5.41, 5.74) is 5.00. The zero-order chi connectivity index (χ0) is 8.15. The molecule has 0 unspecified atom stereocenters. The third-order valence-electron chi connectivity index (χ3n) is 0.986. The van der Waals surface area contributed by atoms with Crippen LogP contribution in [0.15, 0.2) is 0 Å². The second-order valence-electron chi connectivity index (χ2n) is 1.88. The molecule has 0 aliphatic heterocycles. The maximum atomic E-state index is 9.99. The third-order valence-corrected chi connectivity index (χ3v) is 0.986. The monoisotopic (exact) mass is 243 g/mol. The molecule has 0 aliphatic carbocycles. The SMILES string of the molecule is N[C@H](CCC(=O)O)C(=O)O.[NaH].[NaH].[NaH].[NaH]. The van der Waals surface area contributed by atoms with Crippen LogP contribution >= 0.6 is 0 Å². The van der Waals surface area contributed by atoms with Gasteiger partial charge >= 0.3 is 130 Å². The molecule has 0 aliphatic rings. The van der Waals surface area contributed by atoms with E-state index in [0.717, 1.165) is 0 Å². The molecule has 0 spiro atoms. The van der Waals surface area contributed by atoms with Crippen molar-refractivity contribution in [1.29, 1.82) is 0 Å². The molecule has 0 aromatic carbocycles. The van der Waals surface area contributed by atoms with Gasteiger partial charge in [0.2, 0.25) is 0 Å². The van der Waals surface area contributed by atoms with Gasteiger partial charge in [0.25, 0.3) is 0 Å². The van der Waals surface area contributed by atoms with Crippen LogP contribution in [0.2, 0.25) is 0 Å². The van der Waals surface area contributed by atoms with Crippen molar-refractivity contribution in [2.24, 2.45) is 5.73 Å². The summed E-state index contributed by atoms with van der Waals surface area (Å²) in [7, 11) is 0. The fourth-order valence-electron chi connectivity index (χ4n) is 0.402. The second-order valence-corrected chi connectivity index (χ2v) is 1.88. The van der Waals surface area contributed by atoms with Gasteiger partial charge in [-0.3, -0.25) is 9.59 Å². The molecular formula is C5H13NNa4O4. The number of rotatable bonds is 4. The van der Waals surface area contributed by atoms with Gasteiger partial charge in [0.15, 0.2) is 0 Å². The Kier molecular flexibility index (Phi) is 39.4. The molecule has 1 atom stereocenters. The molecule has 0 bridgehead atoms. The van der Waals surface area contributed by atoms with E-state index in [4.69, 9.17) is 15.9 Å². The van der Waals surface area contributed by atoms with Crippen LogP contribution in [0.5, 0.6) is 0 Å². The number of carbonyl (C=O) groups is 2. The molecule has 66 valence electrons. The molecule has 0 saturated carbocycles. The first kappa shape index (κ1) is 30.2. The van der Waals surface area contributed by atoms with Crippen LogP contribution in [-0.4, -0.2) is 146 Å². The van der Waals surface area contributed by atoms with Crippen molar-refractivity contribution < 1.29 is 19.8 Å².